The van der Waals surface area contributed by atoms with Crippen LogP contribution in [0.15, 0.2) is 34.9 Å². The largest absolute Gasteiger partial charge is 0.493 e. The first-order valence-corrected chi connectivity index (χ1v) is 9.43. The molecule has 0 radical (unpaired) electrons. The molecule has 1 N–H and O–H groups in total. The molecule has 1 fully saturated rings. The highest BCUT2D eigenvalue weighted by molar-refractivity contribution is 6.18. The van der Waals surface area contributed by atoms with Gasteiger partial charge in [-0.05, 0) is 43.4 Å². The summed E-state index contributed by atoms with van der Waals surface area (Å²) in [6, 6.07) is 7.15. The normalized spacial score (nSPS) is 15.7. The van der Waals surface area contributed by atoms with E-state index in [0.29, 0.717) is 41.2 Å². The number of allylic oxidation sites excluding steroid dienone is 1. The van der Waals surface area contributed by atoms with Crippen molar-refractivity contribution in [3.05, 3.63) is 41.7 Å². The summed E-state index contributed by atoms with van der Waals surface area (Å²) in [5.41, 5.74) is 1.53. The molecule has 1 aliphatic heterocycles. The Morgan fingerprint density at radius 2 is 2.14 bits per heavy atom. The van der Waals surface area contributed by atoms with Gasteiger partial charge >= 0.3 is 5.91 Å². The van der Waals surface area contributed by atoms with Crippen LogP contribution >= 0.6 is 0 Å². The number of nitrogens with zero attached hydrogens (tertiary/aromatic N) is 2. The molecular formula is C21H22N3O5+. The van der Waals surface area contributed by atoms with Crippen LogP contribution in [0.2, 0.25) is 0 Å². The zero-order valence-electron chi connectivity index (χ0n) is 16.3. The lowest BCUT2D eigenvalue weighted by Gasteiger charge is -2.11. The van der Waals surface area contributed by atoms with Crippen LogP contribution in [0, 0.1) is 12.8 Å². The third-order valence-corrected chi connectivity index (χ3v) is 4.73. The highest BCUT2D eigenvalue weighted by Gasteiger charge is 2.28. The van der Waals surface area contributed by atoms with E-state index < -0.39 is 0 Å². The van der Waals surface area contributed by atoms with Gasteiger partial charge in [0.25, 0.3) is 5.91 Å². The van der Waals surface area contributed by atoms with Crippen LogP contribution < -0.4 is 14.8 Å². The number of amides is 2. The molecule has 1 saturated carbocycles. The van der Waals surface area contributed by atoms with Gasteiger partial charge < -0.3 is 19.3 Å². The molecule has 0 spiro atoms. The smallest absolute Gasteiger partial charge is 0.413 e. The number of aromatic nitrogens is 1. The molecule has 0 atom stereocenters. The minimum Gasteiger partial charge on any atom is -0.493 e. The van der Waals surface area contributed by atoms with Crippen molar-refractivity contribution in [1.82, 2.24) is 5.16 Å². The summed E-state index contributed by atoms with van der Waals surface area (Å²) >= 11 is 0. The van der Waals surface area contributed by atoms with Gasteiger partial charge in [0, 0.05) is 6.07 Å². The summed E-state index contributed by atoms with van der Waals surface area (Å²) in [5.74, 6) is 2.20. The summed E-state index contributed by atoms with van der Waals surface area (Å²) in [7, 11) is 1.60. The van der Waals surface area contributed by atoms with Crippen molar-refractivity contribution in [3.63, 3.8) is 0 Å². The lowest BCUT2D eigenvalue weighted by atomic mass is 10.1. The van der Waals surface area contributed by atoms with Gasteiger partial charge in [0.15, 0.2) is 23.5 Å². The van der Waals surface area contributed by atoms with E-state index in [-0.39, 0.29) is 18.4 Å². The zero-order chi connectivity index (χ0) is 20.4. The van der Waals surface area contributed by atoms with Crippen LogP contribution in [-0.2, 0) is 9.59 Å². The molecule has 2 aliphatic rings. The second-order valence-electron chi connectivity index (χ2n) is 7.19. The third kappa shape index (κ3) is 4.53. The van der Waals surface area contributed by atoms with Crippen LogP contribution in [0.4, 0.5) is 5.82 Å². The van der Waals surface area contributed by atoms with Crippen LogP contribution in [0.5, 0.6) is 11.5 Å². The third-order valence-electron chi connectivity index (χ3n) is 4.73. The summed E-state index contributed by atoms with van der Waals surface area (Å²) < 4.78 is 17.5. The van der Waals surface area contributed by atoms with E-state index in [4.69, 9.17) is 14.0 Å². The Kier molecular flexibility index (Phi) is 5.16. The average Bonchev–Trinajstić information content (AvgIpc) is 3.35. The molecule has 1 aromatic heterocycles. The number of aryl methyl sites for hydroxylation is 1. The maximum atomic E-state index is 12.3. The lowest BCUT2D eigenvalue weighted by molar-refractivity contribution is -0.425. The lowest BCUT2D eigenvalue weighted by Crippen LogP contribution is -2.28. The Bertz CT molecular complexity index is 1020. The average molecular weight is 396 g/mol. The standard InChI is InChI=1S/C21H21N3O5/c1-13-7-19(23-29-13)22-20(25)11-24-10-16(9-21(24)26)15-5-6-17(27-2)18(8-15)28-12-14-3-4-14/h5-10,14H,3-4,11-12H2,1-2H3/p+1. The minimum absolute atomic E-state index is 0.119. The van der Waals surface area contributed by atoms with E-state index in [1.165, 1.54) is 23.5 Å². The van der Waals surface area contributed by atoms with Crippen molar-refractivity contribution in [2.24, 2.45) is 5.92 Å². The Hall–Kier alpha value is -3.42. The number of hydrogen-bond acceptors (Lipinski definition) is 6. The van der Waals surface area contributed by atoms with Gasteiger partial charge in [-0.2, -0.15) is 4.58 Å². The molecule has 150 valence electrons. The van der Waals surface area contributed by atoms with E-state index in [0.717, 1.165) is 5.56 Å². The van der Waals surface area contributed by atoms with Gasteiger partial charge in [0.05, 0.1) is 25.4 Å². The Morgan fingerprint density at radius 3 is 2.83 bits per heavy atom. The van der Waals surface area contributed by atoms with Crippen LogP contribution in [0.25, 0.3) is 5.57 Å². The maximum absolute atomic E-state index is 12.3. The van der Waals surface area contributed by atoms with Crippen molar-refractivity contribution in [2.75, 3.05) is 25.6 Å². The van der Waals surface area contributed by atoms with E-state index in [1.807, 2.05) is 18.2 Å². The van der Waals surface area contributed by atoms with Crippen LogP contribution in [-0.4, -0.2) is 48.0 Å². The molecule has 1 aliphatic carbocycles. The molecule has 1 aromatic carbocycles. The van der Waals surface area contributed by atoms with Crippen LogP contribution in [0.3, 0.4) is 0 Å². The van der Waals surface area contributed by atoms with Gasteiger partial charge in [-0.3, -0.25) is 4.79 Å². The van der Waals surface area contributed by atoms with E-state index in [9.17, 15) is 9.59 Å². The number of rotatable bonds is 8. The minimum atomic E-state index is -0.360. The van der Waals surface area contributed by atoms with E-state index in [2.05, 4.69) is 10.5 Å². The highest BCUT2D eigenvalue weighted by Crippen LogP contribution is 2.34. The topological polar surface area (TPSA) is 93.7 Å². The van der Waals surface area contributed by atoms with Crippen molar-refractivity contribution in [3.8, 4) is 11.5 Å². The van der Waals surface area contributed by atoms with Gasteiger partial charge in [0.2, 0.25) is 6.54 Å². The summed E-state index contributed by atoms with van der Waals surface area (Å²) in [5, 5.41) is 6.32. The molecule has 29 heavy (non-hydrogen) atoms. The number of benzene rings is 1. The number of carbonyl (C=O) groups is 2. The molecule has 8 nitrogen and oxygen atoms in total. The van der Waals surface area contributed by atoms with Gasteiger partial charge in [0.1, 0.15) is 5.76 Å². The Morgan fingerprint density at radius 1 is 1.31 bits per heavy atom. The molecule has 0 unspecified atom stereocenters. The molecule has 2 heterocycles. The van der Waals surface area contributed by atoms with E-state index in [1.54, 1.807) is 26.3 Å². The monoisotopic (exact) mass is 396 g/mol. The number of nitrogens with one attached hydrogen (secondary N) is 1. The van der Waals surface area contributed by atoms with Crippen molar-refractivity contribution in [1.29, 1.82) is 0 Å². The van der Waals surface area contributed by atoms with Gasteiger partial charge in [-0.25, -0.2) is 4.79 Å². The number of methoxy groups -OCH3 is 1. The molecule has 4 rings (SSSR count). The predicted octanol–water partition coefficient (Wildman–Crippen LogP) is 2.43. The second-order valence-corrected chi connectivity index (χ2v) is 7.19. The number of carbonyl (C=O) groups excluding carboxylic acids is 2. The number of ether oxygens (including phenoxy) is 2. The highest BCUT2D eigenvalue weighted by atomic mass is 16.5. The SMILES string of the molecule is COc1ccc(C2=CC(=O)[N+](CC(=O)Nc3cc(C)on3)=C2)cc1OCC1CC1. The summed E-state index contributed by atoms with van der Waals surface area (Å²) in [6.07, 6.45) is 5.54. The zero-order valence-corrected chi connectivity index (χ0v) is 16.3. The Labute approximate surface area is 167 Å². The van der Waals surface area contributed by atoms with Crippen molar-refractivity contribution < 1.29 is 28.2 Å². The van der Waals surface area contributed by atoms with Gasteiger partial charge in [-0.1, -0.05) is 11.2 Å². The first-order valence-electron chi connectivity index (χ1n) is 9.43. The number of anilines is 1. The fourth-order valence-corrected chi connectivity index (χ4v) is 2.99. The first kappa shape index (κ1) is 18.9. The van der Waals surface area contributed by atoms with E-state index >= 15 is 0 Å². The summed E-state index contributed by atoms with van der Waals surface area (Å²) in [6.45, 7) is 2.27. The molecule has 0 bridgehead atoms. The molecular weight excluding hydrogens is 374 g/mol. The quantitative estimate of drug-likeness (QED) is 0.689. The molecule has 0 saturated heterocycles. The second kappa shape index (κ2) is 7.90. The molecule has 2 aromatic rings. The fraction of sp³-hybridized carbons (Fsp3) is 0.333. The molecule has 2 amide bonds. The van der Waals surface area contributed by atoms with Crippen LogP contribution in [0.1, 0.15) is 24.2 Å². The summed E-state index contributed by atoms with van der Waals surface area (Å²) in [4.78, 5) is 24.5. The number of hydrogen-bond donors (Lipinski definition) is 1. The molecule has 8 heteroatoms. The fourth-order valence-electron chi connectivity index (χ4n) is 2.99. The first-order chi connectivity index (χ1) is 14.0. The van der Waals surface area contributed by atoms with Crippen molar-refractivity contribution >= 4 is 29.4 Å². The Balaban J connectivity index is 1.46. The van der Waals surface area contributed by atoms with Crippen molar-refractivity contribution in [2.45, 2.75) is 19.8 Å². The van der Waals surface area contributed by atoms with Gasteiger partial charge in [-0.15, -0.1) is 0 Å². The predicted molar refractivity (Wildman–Crippen MR) is 105 cm³/mol. The maximum Gasteiger partial charge on any atom is 0.413 e.